The molecule has 3 aromatic rings. The smallest absolute Gasteiger partial charge is 0.274 e. The number of amides is 1. The SMILES string of the molecule is CC(C)(C)Nc1cc(C(=O)Nc2ccc(F)cc2F)nc(-c2ccccc2)n1. The van der Waals surface area contributed by atoms with E-state index in [4.69, 9.17) is 0 Å². The number of benzene rings is 2. The molecule has 0 atom stereocenters. The summed E-state index contributed by atoms with van der Waals surface area (Å²) in [5.41, 5.74) is 0.377. The molecule has 144 valence electrons. The summed E-state index contributed by atoms with van der Waals surface area (Å²) in [4.78, 5) is 21.5. The summed E-state index contributed by atoms with van der Waals surface area (Å²) in [7, 11) is 0. The van der Waals surface area contributed by atoms with E-state index in [0.29, 0.717) is 17.7 Å². The van der Waals surface area contributed by atoms with Crippen LogP contribution in [0.1, 0.15) is 31.3 Å². The number of nitrogens with one attached hydrogen (secondary N) is 2. The first-order valence-corrected chi connectivity index (χ1v) is 8.70. The lowest BCUT2D eigenvalue weighted by Gasteiger charge is -2.22. The van der Waals surface area contributed by atoms with Crippen LogP contribution in [-0.2, 0) is 0 Å². The Labute approximate surface area is 161 Å². The molecule has 0 fully saturated rings. The van der Waals surface area contributed by atoms with Gasteiger partial charge in [-0.2, -0.15) is 0 Å². The molecular formula is C21H20F2N4O. The van der Waals surface area contributed by atoms with Crippen LogP contribution in [0.5, 0.6) is 0 Å². The van der Waals surface area contributed by atoms with Crippen molar-refractivity contribution in [2.75, 3.05) is 10.6 Å². The number of carbonyl (C=O) groups excluding carboxylic acids is 1. The van der Waals surface area contributed by atoms with E-state index in [1.807, 2.05) is 51.1 Å². The zero-order chi connectivity index (χ0) is 20.3. The van der Waals surface area contributed by atoms with Gasteiger partial charge in [-0.3, -0.25) is 4.79 Å². The molecule has 0 radical (unpaired) electrons. The highest BCUT2D eigenvalue weighted by Crippen LogP contribution is 2.21. The van der Waals surface area contributed by atoms with Gasteiger partial charge >= 0.3 is 0 Å². The van der Waals surface area contributed by atoms with Crippen LogP contribution in [0.15, 0.2) is 54.6 Å². The molecule has 0 bridgehead atoms. The van der Waals surface area contributed by atoms with Gasteiger partial charge in [0.2, 0.25) is 0 Å². The Morgan fingerprint density at radius 2 is 1.68 bits per heavy atom. The number of halogens is 2. The molecular weight excluding hydrogens is 362 g/mol. The Kier molecular flexibility index (Phi) is 5.35. The van der Waals surface area contributed by atoms with Gasteiger partial charge in [-0.25, -0.2) is 18.7 Å². The Balaban J connectivity index is 1.98. The first kappa shape index (κ1) is 19.4. The molecule has 2 aromatic carbocycles. The minimum atomic E-state index is -0.862. The maximum absolute atomic E-state index is 13.9. The lowest BCUT2D eigenvalue weighted by molar-refractivity contribution is 0.102. The van der Waals surface area contributed by atoms with E-state index in [1.54, 1.807) is 0 Å². The summed E-state index contributed by atoms with van der Waals surface area (Å²) < 4.78 is 27.0. The van der Waals surface area contributed by atoms with Gasteiger partial charge in [-0.15, -0.1) is 0 Å². The second-order valence-corrected chi connectivity index (χ2v) is 7.28. The van der Waals surface area contributed by atoms with Crippen LogP contribution < -0.4 is 10.6 Å². The van der Waals surface area contributed by atoms with Crippen LogP contribution in [0.25, 0.3) is 11.4 Å². The largest absolute Gasteiger partial charge is 0.365 e. The molecule has 0 saturated heterocycles. The van der Waals surface area contributed by atoms with E-state index in [9.17, 15) is 13.6 Å². The zero-order valence-electron chi connectivity index (χ0n) is 15.8. The number of aromatic nitrogens is 2. The maximum Gasteiger partial charge on any atom is 0.274 e. The molecule has 28 heavy (non-hydrogen) atoms. The van der Waals surface area contributed by atoms with Crippen molar-refractivity contribution in [1.29, 1.82) is 0 Å². The normalized spacial score (nSPS) is 11.2. The van der Waals surface area contributed by atoms with Crippen molar-refractivity contribution in [2.45, 2.75) is 26.3 Å². The molecule has 0 spiro atoms. The van der Waals surface area contributed by atoms with E-state index >= 15 is 0 Å². The quantitative estimate of drug-likeness (QED) is 0.675. The predicted octanol–water partition coefficient (Wildman–Crippen LogP) is 4.88. The standard InChI is InChI=1S/C21H20F2N4O/c1-21(2,3)27-18-12-17(24-19(26-18)13-7-5-4-6-8-13)20(28)25-16-10-9-14(22)11-15(16)23/h4-12H,1-3H3,(H,25,28)(H,24,26,27). The summed E-state index contributed by atoms with van der Waals surface area (Å²) in [6.45, 7) is 5.89. The molecule has 1 heterocycles. The Morgan fingerprint density at radius 3 is 2.32 bits per heavy atom. The molecule has 5 nitrogen and oxygen atoms in total. The Bertz CT molecular complexity index is 1000. The van der Waals surface area contributed by atoms with Crippen LogP contribution in [0.3, 0.4) is 0 Å². The van der Waals surface area contributed by atoms with Crippen LogP contribution >= 0.6 is 0 Å². The summed E-state index contributed by atoms with van der Waals surface area (Å²) in [5, 5.41) is 5.64. The van der Waals surface area contributed by atoms with Crippen molar-refractivity contribution in [3.05, 3.63) is 71.9 Å². The fraction of sp³-hybridized carbons (Fsp3) is 0.190. The molecule has 0 aliphatic carbocycles. The van der Waals surface area contributed by atoms with E-state index in [1.165, 1.54) is 6.07 Å². The third-order valence-electron chi connectivity index (χ3n) is 3.67. The van der Waals surface area contributed by atoms with Crippen molar-refractivity contribution >= 4 is 17.4 Å². The average Bonchev–Trinajstić information content (AvgIpc) is 2.63. The van der Waals surface area contributed by atoms with Crippen molar-refractivity contribution < 1.29 is 13.6 Å². The molecule has 1 aromatic heterocycles. The first-order chi connectivity index (χ1) is 13.2. The van der Waals surface area contributed by atoms with Crippen molar-refractivity contribution in [3.63, 3.8) is 0 Å². The van der Waals surface area contributed by atoms with Crippen LogP contribution in [0.2, 0.25) is 0 Å². The van der Waals surface area contributed by atoms with Gasteiger partial charge in [0.1, 0.15) is 23.1 Å². The van der Waals surface area contributed by atoms with E-state index in [-0.39, 0.29) is 16.9 Å². The molecule has 0 saturated carbocycles. The minimum absolute atomic E-state index is 0.0596. The number of anilines is 2. The molecule has 7 heteroatoms. The van der Waals surface area contributed by atoms with Gasteiger partial charge in [0, 0.05) is 23.2 Å². The Morgan fingerprint density at radius 1 is 0.964 bits per heavy atom. The zero-order valence-corrected chi connectivity index (χ0v) is 15.8. The van der Waals surface area contributed by atoms with E-state index in [2.05, 4.69) is 20.6 Å². The topological polar surface area (TPSA) is 66.9 Å². The van der Waals surface area contributed by atoms with Crippen molar-refractivity contribution in [2.24, 2.45) is 0 Å². The number of hydrogen-bond donors (Lipinski definition) is 2. The molecule has 0 unspecified atom stereocenters. The number of hydrogen-bond acceptors (Lipinski definition) is 4. The predicted molar refractivity (Wildman–Crippen MR) is 105 cm³/mol. The van der Waals surface area contributed by atoms with Crippen LogP contribution in [0.4, 0.5) is 20.3 Å². The van der Waals surface area contributed by atoms with Gasteiger partial charge in [0.05, 0.1) is 5.69 Å². The maximum atomic E-state index is 13.9. The lowest BCUT2D eigenvalue weighted by Crippen LogP contribution is -2.27. The van der Waals surface area contributed by atoms with Gasteiger partial charge in [-0.05, 0) is 32.9 Å². The van der Waals surface area contributed by atoms with Crippen LogP contribution in [0, 0.1) is 11.6 Å². The summed E-state index contributed by atoms with van der Waals surface area (Å²) in [6, 6.07) is 13.6. The molecule has 2 N–H and O–H groups in total. The highest BCUT2D eigenvalue weighted by Gasteiger charge is 2.18. The summed E-state index contributed by atoms with van der Waals surface area (Å²) in [5.74, 6) is -1.38. The third-order valence-corrected chi connectivity index (χ3v) is 3.67. The fourth-order valence-corrected chi connectivity index (χ4v) is 2.51. The number of carbonyl (C=O) groups is 1. The van der Waals surface area contributed by atoms with Gasteiger partial charge in [0.25, 0.3) is 5.91 Å². The highest BCUT2D eigenvalue weighted by molar-refractivity contribution is 6.03. The van der Waals surface area contributed by atoms with E-state index in [0.717, 1.165) is 17.7 Å². The van der Waals surface area contributed by atoms with Crippen molar-refractivity contribution in [3.8, 4) is 11.4 Å². The minimum Gasteiger partial charge on any atom is -0.365 e. The third kappa shape index (κ3) is 4.88. The summed E-state index contributed by atoms with van der Waals surface area (Å²) >= 11 is 0. The number of nitrogens with zero attached hydrogens (tertiary/aromatic N) is 2. The summed E-state index contributed by atoms with van der Waals surface area (Å²) in [6.07, 6.45) is 0. The molecule has 1 amide bonds. The van der Waals surface area contributed by atoms with Crippen molar-refractivity contribution in [1.82, 2.24) is 9.97 Å². The number of rotatable bonds is 4. The molecule has 3 rings (SSSR count). The first-order valence-electron chi connectivity index (χ1n) is 8.70. The van der Waals surface area contributed by atoms with Gasteiger partial charge in [0.15, 0.2) is 5.82 Å². The highest BCUT2D eigenvalue weighted by atomic mass is 19.1. The van der Waals surface area contributed by atoms with E-state index < -0.39 is 17.5 Å². The average molecular weight is 382 g/mol. The monoisotopic (exact) mass is 382 g/mol. The van der Waals surface area contributed by atoms with Gasteiger partial charge < -0.3 is 10.6 Å². The fourth-order valence-electron chi connectivity index (χ4n) is 2.51. The van der Waals surface area contributed by atoms with Gasteiger partial charge in [-0.1, -0.05) is 30.3 Å². The molecule has 0 aliphatic heterocycles. The second-order valence-electron chi connectivity index (χ2n) is 7.28. The second kappa shape index (κ2) is 7.72. The van der Waals surface area contributed by atoms with Crippen LogP contribution in [-0.4, -0.2) is 21.4 Å². The Hall–Kier alpha value is -3.35. The molecule has 0 aliphatic rings. The lowest BCUT2D eigenvalue weighted by atomic mass is 10.1.